The number of nitrogens with two attached hydrogens (primary N) is 1. The second-order valence-corrected chi connectivity index (χ2v) is 6.29. The standard InChI is InChI=1S/C14H18BrFN2O2/c1-8(2)7-14(3,13(17)20)18-12(19)10-6-9(15)4-5-11(10)16/h4-6,8H,7H2,1-3H3,(H2,17,20)(H,18,19). The van der Waals surface area contributed by atoms with E-state index in [1.165, 1.54) is 18.2 Å². The molecule has 0 saturated heterocycles. The van der Waals surface area contributed by atoms with Gasteiger partial charge in [0.25, 0.3) is 5.91 Å². The Morgan fingerprint density at radius 3 is 2.55 bits per heavy atom. The number of benzene rings is 1. The monoisotopic (exact) mass is 344 g/mol. The van der Waals surface area contributed by atoms with Crippen LogP contribution in [0.4, 0.5) is 4.39 Å². The summed E-state index contributed by atoms with van der Waals surface area (Å²) in [7, 11) is 0. The van der Waals surface area contributed by atoms with Crippen LogP contribution in [0.3, 0.4) is 0 Å². The third kappa shape index (κ3) is 4.03. The Morgan fingerprint density at radius 2 is 2.05 bits per heavy atom. The second kappa shape index (κ2) is 6.35. The quantitative estimate of drug-likeness (QED) is 0.861. The van der Waals surface area contributed by atoms with Gasteiger partial charge < -0.3 is 11.1 Å². The summed E-state index contributed by atoms with van der Waals surface area (Å²) in [4.78, 5) is 23.7. The zero-order valence-electron chi connectivity index (χ0n) is 11.7. The molecule has 0 fully saturated rings. The Hall–Kier alpha value is -1.43. The lowest BCUT2D eigenvalue weighted by Gasteiger charge is -2.29. The lowest BCUT2D eigenvalue weighted by molar-refractivity contribution is -0.124. The van der Waals surface area contributed by atoms with Crippen molar-refractivity contribution in [3.8, 4) is 0 Å². The summed E-state index contributed by atoms with van der Waals surface area (Å²) in [6, 6.07) is 4.04. The first kappa shape index (κ1) is 16.6. The summed E-state index contributed by atoms with van der Waals surface area (Å²) < 4.78 is 14.2. The molecule has 110 valence electrons. The summed E-state index contributed by atoms with van der Waals surface area (Å²) in [5, 5.41) is 2.53. The fraction of sp³-hybridized carbons (Fsp3) is 0.429. The van der Waals surface area contributed by atoms with Crippen molar-refractivity contribution in [3.63, 3.8) is 0 Å². The van der Waals surface area contributed by atoms with Crippen molar-refractivity contribution in [2.45, 2.75) is 32.7 Å². The van der Waals surface area contributed by atoms with Gasteiger partial charge in [0, 0.05) is 4.47 Å². The summed E-state index contributed by atoms with van der Waals surface area (Å²) in [6.45, 7) is 5.36. The van der Waals surface area contributed by atoms with Crippen LogP contribution < -0.4 is 11.1 Å². The van der Waals surface area contributed by atoms with Gasteiger partial charge in [-0.25, -0.2) is 4.39 Å². The highest BCUT2D eigenvalue weighted by Crippen LogP contribution is 2.20. The zero-order valence-corrected chi connectivity index (χ0v) is 13.3. The molecule has 0 radical (unpaired) electrons. The molecule has 0 aromatic heterocycles. The van der Waals surface area contributed by atoms with Gasteiger partial charge in [0.15, 0.2) is 0 Å². The topological polar surface area (TPSA) is 72.2 Å². The van der Waals surface area contributed by atoms with Crippen LogP contribution in [-0.2, 0) is 4.79 Å². The molecule has 1 unspecified atom stereocenters. The van der Waals surface area contributed by atoms with E-state index >= 15 is 0 Å². The third-order valence-electron chi connectivity index (χ3n) is 2.92. The van der Waals surface area contributed by atoms with Crippen LogP contribution in [0.5, 0.6) is 0 Å². The van der Waals surface area contributed by atoms with Crippen LogP contribution >= 0.6 is 15.9 Å². The molecule has 0 aliphatic carbocycles. The molecule has 0 aliphatic heterocycles. The molecule has 6 heteroatoms. The average molecular weight is 345 g/mol. The highest BCUT2D eigenvalue weighted by atomic mass is 79.9. The molecule has 3 N–H and O–H groups in total. The smallest absolute Gasteiger partial charge is 0.255 e. The van der Waals surface area contributed by atoms with E-state index in [4.69, 9.17) is 5.73 Å². The Labute approximate surface area is 126 Å². The fourth-order valence-corrected chi connectivity index (χ4v) is 2.38. The maximum absolute atomic E-state index is 13.7. The minimum Gasteiger partial charge on any atom is -0.368 e. The number of halogens is 2. The summed E-state index contributed by atoms with van der Waals surface area (Å²) in [5.41, 5.74) is 4.02. The highest BCUT2D eigenvalue weighted by Gasteiger charge is 2.34. The van der Waals surface area contributed by atoms with Crippen LogP contribution in [0.2, 0.25) is 0 Å². The van der Waals surface area contributed by atoms with Gasteiger partial charge in [0.2, 0.25) is 5.91 Å². The Morgan fingerprint density at radius 1 is 1.45 bits per heavy atom. The molecule has 1 aromatic carbocycles. The second-order valence-electron chi connectivity index (χ2n) is 5.37. The maximum Gasteiger partial charge on any atom is 0.255 e. The molecule has 0 heterocycles. The third-order valence-corrected chi connectivity index (χ3v) is 3.42. The Balaban J connectivity index is 3.02. The van der Waals surface area contributed by atoms with Crippen molar-refractivity contribution in [1.82, 2.24) is 5.32 Å². The molecule has 1 aromatic rings. The van der Waals surface area contributed by atoms with E-state index in [0.29, 0.717) is 10.9 Å². The number of carbonyl (C=O) groups is 2. The van der Waals surface area contributed by atoms with Gasteiger partial charge in [-0.3, -0.25) is 9.59 Å². The van der Waals surface area contributed by atoms with Gasteiger partial charge in [-0.15, -0.1) is 0 Å². The summed E-state index contributed by atoms with van der Waals surface area (Å²) in [6.07, 6.45) is 0.379. The van der Waals surface area contributed by atoms with Gasteiger partial charge in [0.1, 0.15) is 11.4 Å². The molecule has 2 amide bonds. The van der Waals surface area contributed by atoms with Crippen molar-refractivity contribution in [1.29, 1.82) is 0 Å². The van der Waals surface area contributed by atoms with Crippen LogP contribution in [0, 0.1) is 11.7 Å². The highest BCUT2D eigenvalue weighted by molar-refractivity contribution is 9.10. The number of primary amides is 1. The number of carbonyl (C=O) groups excluding carboxylic acids is 2. The van der Waals surface area contributed by atoms with E-state index in [9.17, 15) is 14.0 Å². The molecular formula is C14H18BrFN2O2. The van der Waals surface area contributed by atoms with Gasteiger partial charge >= 0.3 is 0 Å². The van der Waals surface area contributed by atoms with Crippen LogP contribution in [0.25, 0.3) is 0 Å². The number of amides is 2. The molecule has 0 saturated carbocycles. The van der Waals surface area contributed by atoms with Crippen molar-refractivity contribution in [3.05, 3.63) is 34.1 Å². The minimum absolute atomic E-state index is 0.129. The van der Waals surface area contributed by atoms with Gasteiger partial charge in [0.05, 0.1) is 5.56 Å². The van der Waals surface area contributed by atoms with Crippen LogP contribution in [0.1, 0.15) is 37.6 Å². The first-order chi connectivity index (χ1) is 9.15. The lowest BCUT2D eigenvalue weighted by Crippen LogP contribution is -2.56. The Kier molecular flexibility index (Phi) is 5.28. The molecule has 0 spiro atoms. The van der Waals surface area contributed by atoms with E-state index in [2.05, 4.69) is 21.2 Å². The van der Waals surface area contributed by atoms with E-state index < -0.39 is 23.2 Å². The van der Waals surface area contributed by atoms with Gasteiger partial charge in [-0.2, -0.15) is 0 Å². The van der Waals surface area contributed by atoms with Gasteiger partial charge in [-0.1, -0.05) is 29.8 Å². The molecule has 0 aliphatic rings. The van der Waals surface area contributed by atoms with E-state index in [1.54, 1.807) is 6.92 Å². The van der Waals surface area contributed by atoms with E-state index in [1.807, 2.05) is 13.8 Å². The maximum atomic E-state index is 13.7. The van der Waals surface area contributed by atoms with Crippen molar-refractivity contribution in [2.75, 3.05) is 0 Å². The predicted octanol–water partition coefficient (Wildman–Crippen LogP) is 2.61. The van der Waals surface area contributed by atoms with Crippen molar-refractivity contribution in [2.24, 2.45) is 11.7 Å². The van der Waals surface area contributed by atoms with E-state index in [0.717, 1.165) is 0 Å². The molecular weight excluding hydrogens is 327 g/mol. The molecule has 0 bridgehead atoms. The molecule has 20 heavy (non-hydrogen) atoms. The molecule has 1 rings (SSSR count). The summed E-state index contributed by atoms with van der Waals surface area (Å²) in [5.74, 6) is -1.80. The lowest BCUT2D eigenvalue weighted by atomic mass is 9.89. The first-order valence-electron chi connectivity index (χ1n) is 6.23. The Bertz CT molecular complexity index is 534. The van der Waals surface area contributed by atoms with Crippen molar-refractivity contribution >= 4 is 27.7 Å². The normalized spacial score (nSPS) is 13.9. The van der Waals surface area contributed by atoms with Crippen LogP contribution in [0.15, 0.2) is 22.7 Å². The fourth-order valence-electron chi connectivity index (χ4n) is 2.02. The molecule has 1 atom stereocenters. The molecule has 4 nitrogen and oxygen atoms in total. The number of nitrogens with one attached hydrogen (secondary N) is 1. The number of hydrogen-bond donors (Lipinski definition) is 2. The number of hydrogen-bond acceptors (Lipinski definition) is 2. The zero-order chi connectivity index (χ0) is 15.5. The largest absolute Gasteiger partial charge is 0.368 e. The SMILES string of the molecule is CC(C)CC(C)(NC(=O)c1cc(Br)ccc1F)C(N)=O. The number of rotatable bonds is 5. The summed E-state index contributed by atoms with van der Waals surface area (Å²) >= 11 is 3.18. The van der Waals surface area contributed by atoms with Crippen LogP contribution in [-0.4, -0.2) is 17.4 Å². The predicted molar refractivity (Wildman–Crippen MR) is 78.6 cm³/mol. The minimum atomic E-state index is -1.21. The van der Waals surface area contributed by atoms with Crippen molar-refractivity contribution < 1.29 is 14.0 Å². The average Bonchev–Trinajstić information content (AvgIpc) is 2.30. The van der Waals surface area contributed by atoms with Gasteiger partial charge in [-0.05, 0) is 37.5 Å². The first-order valence-corrected chi connectivity index (χ1v) is 7.02. The van der Waals surface area contributed by atoms with E-state index in [-0.39, 0.29) is 11.5 Å².